The van der Waals surface area contributed by atoms with Gasteiger partial charge in [0, 0.05) is 4.47 Å². The second-order valence-electron chi connectivity index (χ2n) is 5.12. The van der Waals surface area contributed by atoms with Crippen LogP contribution in [0.5, 0.6) is 11.5 Å². The molecule has 0 saturated heterocycles. The summed E-state index contributed by atoms with van der Waals surface area (Å²) in [7, 11) is 0. The first-order valence-corrected chi connectivity index (χ1v) is 7.69. The molecule has 0 spiro atoms. The van der Waals surface area contributed by atoms with E-state index in [2.05, 4.69) is 28.1 Å². The monoisotopic (exact) mass is 332 g/mol. The topological polar surface area (TPSA) is 18.5 Å². The summed E-state index contributed by atoms with van der Waals surface area (Å²) in [5.74, 6) is 2.36. The molecule has 0 radical (unpaired) electrons. The molecular weight excluding hydrogens is 316 g/mol. The van der Waals surface area contributed by atoms with E-state index < -0.39 is 0 Å². The van der Waals surface area contributed by atoms with Crippen LogP contribution >= 0.6 is 15.9 Å². The molecule has 0 aromatic heterocycles. The van der Waals surface area contributed by atoms with Crippen molar-refractivity contribution in [1.82, 2.24) is 0 Å². The predicted octanol–water partition coefficient (Wildman–Crippen LogP) is 4.82. The van der Waals surface area contributed by atoms with Crippen LogP contribution < -0.4 is 9.47 Å². The normalized spacial score (nSPS) is 14.1. The standard InChI is InChI=1S/C17H17BrO2/c18-15-8-9-16(19-12-14-6-7-14)17(10-15)20-11-13-4-2-1-3-5-13/h1-5,8-10,14H,6-7,11-12H2. The first-order chi connectivity index (χ1) is 9.81. The van der Waals surface area contributed by atoms with E-state index in [-0.39, 0.29) is 0 Å². The third-order valence-electron chi connectivity index (χ3n) is 3.31. The highest BCUT2D eigenvalue weighted by molar-refractivity contribution is 9.10. The second-order valence-corrected chi connectivity index (χ2v) is 6.04. The lowest BCUT2D eigenvalue weighted by Crippen LogP contribution is -2.02. The molecule has 3 heteroatoms. The summed E-state index contributed by atoms with van der Waals surface area (Å²) in [6.07, 6.45) is 2.58. The van der Waals surface area contributed by atoms with Crippen molar-refractivity contribution in [3.63, 3.8) is 0 Å². The zero-order valence-corrected chi connectivity index (χ0v) is 12.8. The number of hydrogen-bond acceptors (Lipinski definition) is 2. The highest BCUT2D eigenvalue weighted by Gasteiger charge is 2.22. The maximum absolute atomic E-state index is 5.90. The Morgan fingerprint density at radius 3 is 2.50 bits per heavy atom. The Bertz CT molecular complexity index is 564. The smallest absolute Gasteiger partial charge is 0.162 e. The summed E-state index contributed by atoms with van der Waals surface area (Å²) >= 11 is 3.48. The molecule has 0 atom stereocenters. The largest absolute Gasteiger partial charge is 0.489 e. The van der Waals surface area contributed by atoms with Crippen LogP contribution in [-0.2, 0) is 6.61 Å². The number of benzene rings is 2. The van der Waals surface area contributed by atoms with Gasteiger partial charge in [-0.05, 0) is 42.5 Å². The first-order valence-electron chi connectivity index (χ1n) is 6.90. The minimum atomic E-state index is 0.553. The molecule has 3 rings (SSSR count). The molecule has 0 N–H and O–H groups in total. The Morgan fingerprint density at radius 2 is 1.75 bits per heavy atom. The third-order valence-corrected chi connectivity index (χ3v) is 3.81. The van der Waals surface area contributed by atoms with Crippen LogP contribution in [0.1, 0.15) is 18.4 Å². The van der Waals surface area contributed by atoms with E-state index in [9.17, 15) is 0 Å². The van der Waals surface area contributed by atoms with Crippen LogP contribution in [0.15, 0.2) is 53.0 Å². The summed E-state index contributed by atoms with van der Waals surface area (Å²) in [5.41, 5.74) is 1.15. The van der Waals surface area contributed by atoms with Gasteiger partial charge in [-0.15, -0.1) is 0 Å². The Hall–Kier alpha value is -1.48. The summed E-state index contributed by atoms with van der Waals surface area (Å²) in [4.78, 5) is 0. The van der Waals surface area contributed by atoms with Gasteiger partial charge in [0.25, 0.3) is 0 Å². The molecule has 0 unspecified atom stereocenters. The summed E-state index contributed by atoms with van der Waals surface area (Å²) < 4.78 is 12.8. The minimum absolute atomic E-state index is 0.553. The molecule has 1 aliphatic carbocycles. The van der Waals surface area contributed by atoms with Crippen LogP contribution in [-0.4, -0.2) is 6.61 Å². The fourth-order valence-electron chi connectivity index (χ4n) is 1.94. The van der Waals surface area contributed by atoms with E-state index in [0.717, 1.165) is 34.1 Å². The average Bonchev–Trinajstić information content (AvgIpc) is 3.29. The maximum Gasteiger partial charge on any atom is 0.162 e. The van der Waals surface area contributed by atoms with Gasteiger partial charge in [-0.3, -0.25) is 0 Å². The molecule has 1 fully saturated rings. The fourth-order valence-corrected chi connectivity index (χ4v) is 2.28. The Kier molecular flexibility index (Phi) is 4.26. The lowest BCUT2D eigenvalue weighted by Gasteiger charge is -2.13. The molecule has 1 aliphatic rings. The van der Waals surface area contributed by atoms with Gasteiger partial charge in [-0.2, -0.15) is 0 Å². The Labute approximate surface area is 127 Å². The fraction of sp³-hybridized carbons (Fsp3) is 0.294. The molecule has 0 bridgehead atoms. The van der Waals surface area contributed by atoms with Crippen molar-refractivity contribution in [2.45, 2.75) is 19.4 Å². The molecule has 20 heavy (non-hydrogen) atoms. The van der Waals surface area contributed by atoms with Gasteiger partial charge in [0.15, 0.2) is 11.5 Å². The van der Waals surface area contributed by atoms with Crippen molar-refractivity contribution in [3.8, 4) is 11.5 Å². The van der Waals surface area contributed by atoms with Crippen molar-refractivity contribution in [1.29, 1.82) is 0 Å². The second kappa shape index (κ2) is 6.31. The van der Waals surface area contributed by atoms with Crippen LogP contribution in [0.4, 0.5) is 0 Å². The van der Waals surface area contributed by atoms with Crippen LogP contribution in [0.3, 0.4) is 0 Å². The molecule has 1 saturated carbocycles. The van der Waals surface area contributed by atoms with Gasteiger partial charge in [-0.25, -0.2) is 0 Å². The van der Waals surface area contributed by atoms with Crippen LogP contribution in [0, 0.1) is 5.92 Å². The van der Waals surface area contributed by atoms with Crippen molar-refractivity contribution in [2.75, 3.05) is 6.61 Å². The van der Waals surface area contributed by atoms with Gasteiger partial charge in [0.2, 0.25) is 0 Å². The van der Waals surface area contributed by atoms with Crippen molar-refractivity contribution < 1.29 is 9.47 Å². The molecule has 0 aliphatic heterocycles. The highest BCUT2D eigenvalue weighted by atomic mass is 79.9. The summed E-state index contributed by atoms with van der Waals surface area (Å²) in [6.45, 7) is 1.35. The lowest BCUT2D eigenvalue weighted by atomic mass is 10.2. The molecular formula is C17H17BrO2. The zero-order valence-electron chi connectivity index (χ0n) is 11.2. The molecule has 2 aromatic carbocycles. The van der Waals surface area contributed by atoms with E-state index in [1.165, 1.54) is 12.8 Å². The quantitative estimate of drug-likeness (QED) is 0.755. The molecule has 104 valence electrons. The number of halogens is 1. The SMILES string of the molecule is Brc1ccc(OCC2CC2)c(OCc2ccccc2)c1. The number of ether oxygens (including phenoxy) is 2. The summed E-state index contributed by atoms with van der Waals surface area (Å²) in [6, 6.07) is 16.1. The third kappa shape index (κ3) is 3.76. The Balaban J connectivity index is 1.67. The van der Waals surface area contributed by atoms with Gasteiger partial charge in [0.05, 0.1) is 6.61 Å². The van der Waals surface area contributed by atoms with E-state index in [1.54, 1.807) is 0 Å². The van der Waals surface area contributed by atoms with E-state index in [1.807, 2.05) is 36.4 Å². The van der Waals surface area contributed by atoms with Gasteiger partial charge in [0.1, 0.15) is 6.61 Å². The lowest BCUT2D eigenvalue weighted by molar-refractivity contribution is 0.254. The first kappa shape index (κ1) is 13.5. The van der Waals surface area contributed by atoms with E-state index in [0.29, 0.717) is 6.61 Å². The number of rotatable bonds is 6. The Morgan fingerprint density at radius 1 is 0.950 bits per heavy atom. The maximum atomic E-state index is 5.90. The minimum Gasteiger partial charge on any atom is -0.489 e. The predicted molar refractivity (Wildman–Crippen MR) is 83.1 cm³/mol. The van der Waals surface area contributed by atoms with Crippen molar-refractivity contribution >= 4 is 15.9 Å². The number of hydrogen-bond donors (Lipinski definition) is 0. The average molecular weight is 333 g/mol. The van der Waals surface area contributed by atoms with Crippen LogP contribution in [0.25, 0.3) is 0 Å². The highest BCUT2D eigenvalue weighted by Crippen LogP contribution is 2.34. The van der Waals surface area contributed by atoms with Crippen molar-refractivity contribution in [2.24, 2.45) is 5.92 Å². The van der Waals surface area contributed by atoms with E-state index in [4.69, 9.17) is 9.47 Å². The van der Waals surface area contributed by atoms with E-state index >= 15 is 0 Å². The van der Waals surface area contributed by atoms with Crippen LogP contribution in [0.2, 0.25) is 0 Å². The summed E-state index contributed by atoms with van der Waals surface area (Å²) in [5, 5.41) is 0. The zero-order chi connectivity index (χ0) is 13.8. The van der Waals surface area contributed by atoms with Gasteiger partial charge < -0.3 is 9.47 Å². The molecule has 2 nitrogen and oxygen atoms in total. The molecule has 2 aromatic rings. The van der Waals surface area contributed by atoms with Crippen molar-refractivity contribution in [3.05, 3.63) is 58.6 Å². The molecule has 0 amide bonds. The van der Waals surface area contributed by atoms with Gasteiger partial charge in [-0.1, -0.05) is 46.3 Å². The molecule has 0 heterocycles. The van der Waals surface area contributed by atoms with Gasteiger partial charge >= 0.3 is 0 Å².